The Morgan fingerprint density at radius 3 is 2.90 bits per heavy atom. The number of carbonyl (C=O) groups excluding carboxylic acids is 1. The van der Waals surface area contributed by atoms with E-state index in [2.05, 4.69) is 39.7 Å². The number of nitrogens with one attached hydrogen (secondary N) is 1. The molecule has 0 aliphatic carbocycles. The van der Waals surface area contributed by atoms with Gasteiger partial charge in [0.15, 0.2) is 0 Å². The molecule has 4 heterocycles. The first-order valence-electron chi connectivity index (χ1n) is 13.2. The second-order valence-electron chi connectivity index (χ2n) is 10.6. The summed E-state index contributed by atoms with van der Waals surface area (Å²) < 4.78 is 6.28. The molecular formula is C31H30N6O2. The van der Waals surface area contributed by atoms with Crippen molar-refractivity contribution in [3.8, 4) is 22.9 Å². The van der Waals surface area contributed by atoms with Crippen molar-refractivity contribution in [2.24, 2.45) is 5.41 Å². The van der Waals surface area contributed by atoms with Gasteiger partial charge in [-0.1, -0.05) is 18.7 Å². The molecule has 8 nitrogen and oxygen atoms in total. The first-order valence-corrected chi connectivity index (χ1v) is 13.2. The zero-order valence-electron chi connectivity index (χ0n) is 22.0. The number of H-pyrrole nitrogens is 1. The molecule has 1 unspecified atom stereocenters. The Morgan fingerprint density at radius 1 is 1.23 bits per heavy atom. The molecule has 0 radical (unpaired) electrons. The van der Waals surface area contributed by atoms with Crippen molar-refractivity contribution in [2.75, 3.05) is 31.1 Å². The maximum atomic E-state index is 12.3. The molecule has 4 aromatic rings. The van der Waals surface area contributed by atoms with Gasteiger partial charge in [0, 0.05) is 54.8 Å². The normalized spacial score (nSPS) is 18.6. The molecule has 2 aliphatic rings. The number of hydrogen-bond acceptors (Lipinski definition) is 6. The van der Waals surface area contributed by atoms with Crippen LogP contribution >= 0.6 is 0 Å². The number of amides is 1. The summed E-state index contributed by atoms with van der Waals surface area (Å²) in [5, 5.41) is 18.8. The van der Waals surface area contributed by atoms with Crippen molar-refractivity contribution in [3.63, 3.8) is 0 Å². The summed E-state index contributed by atoms with van der Waals surface area (Å²) in [6.07, 6.45) is 6.87. The van der Waals surface area contributed by atoms with Crippen LogP contribution in [0.15, 0.2) is 67.5 Å². The third-order valence-electron chi connectivity index (χ3n) is 8.12. The number of pyridine rings is 1. The standard InChI is InChI=1S/C31H30N6O2/c1-3-29(38)37-13-10-31(20-37)9-12-36(19-31)28-15-23(39-18-22-6-4-5-11-33-22)14-24(25(28)16-32)30-21(2)7-8-27-26(30)17-34-35-27/h3-8,11,14-15,17H,1,9-10,12-13,18-20H2,2H3,(H,34,35). The van der Waals surface area contributed by atoms with Crippen LogP contribution in [-0.4, -0.2) is 52.2 Å². The molecule has 1 atom stereocenters. The Morgan fingerprint density at radius 2 is 2.10 bits per heavy atom. The van der Waals surface area contributed by atoms with E-state index in [0.717, 1.165) is 71.5 Å². The average Bonchev–Trinajstić information content (AvgIpc) is 3.72. The van der Waals surface area contributed by atoms with Gasteiger partial charge >= 0.3 is 0 Å². The second-order valence-corrected chi connectivity index (χ2v) is 10.6. The molecule has 2 saturated heterocycles. The van der Waals surface area contributed by atoms with Gasteiger partial charge in [-0.25, -0.2) is 0 Å². The van der Waals surface area contributed by atoms with Crippen molar-refractivity contribution in [1.82, 2.24) is 20.1 Å². The van der Waals surface area contributed by atoms with Crippen molar-refractivity contribution in [3.05, 3.63) is 84.3 Å². The molecule has 1 N–H and O–H groups in total. The number of fused-ring (bicyclic) bond motifs is 1. The lowest BCUT2D eigenvalue weighted by molar-refractivity contribution is -0.125. The fourth-order valence-electron chi connectivity index (χ4n) is 6.10. The van der Waals surface area contributed by atoms with E-state index >= 15 is 0 Å². The predicted octanol–water partition coefficient (Wildman–Crippen LogP) is 5.00. The molecule has 2 aromatic carbocycles. The highest BCUT2D eigenvalue weighted by atomic mass is 16.5. The molecule has 196 valence electrons. The topological polar surface area (TPSA) is 98.1 Å². The number of aromatic amines is 1. The maximum Gasteiger partial charge on any atom is 0.245 e. The Hall–Kier alpha value is -4.64. The van der Waals surface area contributed by atoms with E-state index in [-0.39, 0.29) is 11.3 Å². The third-order valence-corrected chi connectivity index (χ3v) is 8.12. The van der Waals surface area contributed by atoms with Gasteiger partial charge in [0.1, 0.15) is 18.4 Å². The van der Waals surface area contributed by atoms with Gasteiger partial charge in [0.05, 0.1) is 28.7 Å². The van der Waals surface area contributed by atoms with E-state index in [0.29, 0.717) is 24.5 Å². The van der Waals surface area contributed by atoms with Crippen LogP contribution in [0.4, 0.5) is 5.69 Å². The largest absolute Gasteiger partial charge is 0.487 e. The molecule has 2 fully saturated rings. The molecule has 1 amide bonds. The van der Waals surface area contributed by atoms with Crippen LogP contribution in [-0.2, 0) is 11.4 Å². The molecular weight excluding hydrogens is 488 g/mol. The number of likely N-dealkylation sites (tertiary alicyclic amines) is 1. The zero-order chi connectivity index (χ0) is 27.0. The Bertz CT molecular complexity index is 1600. The summed E-state index contributed by atoms with van der Waals surface area (Å²) in [4.78, 5) is 20.9. The first kappa shape index (κ1) is 24.7. The van der Waals surface area contributed by atoms with E-state index in [1.54, 1.807) is 6.20 Å². The van der Waals surface area contributed by atoms with E-state index in [1.807, 2.05) is 53.6 Å². The van der Waals surface area contributed by atoms with Gasteiger partial charge in [-0.2, -0.15) is 10.4 Å². The van der Waals surface area contributed by atoms with Gasteiger partial charge in [0.2, 0.25) is 5.91 Å². The van der Waals surface area contributed by atoms with Gasteiger partial charge < -0.3 is 14.5 Å². The Kier molecular flexibility index (Phi) is 6.27. The summed E-state index contributed by atoms with van der Waals surface area (Å²) in [5.41, 5.74) is 6.08. The number of nitrogens with zero attached hydrogens (tertiary/aromatic N) is 5. The molecule has 1 spiro atoms. The van der Waals surface area contributed by atoms with Crippen LogP contribution in [0.2, 0.25) is 0 Å². The van der Waals surface area contributed by atoms with Crippen LogP contribution < -0.4 is 9.64 Å². The lowest BCUT2D eigenvalue weighted by Gasteiger charge is -2.27. The predicted molar refractivity (Wildman–Crippen MR) is 150 cm³/mol. The number of hydrogen-bond donors (Lipinski definition) is 1. The quantitative estimate of drug-likeness (QED) is 0.361. The summed E-state index contributed by atoms with van der Waals surface area (Å²) in [5.74, 6) is 0.666. The highest BCUT2D eigenvalue weighted by molar-refractivity contribution is 5.99. The number of aryl methyl sites for hydroxylation is 1. The van der Waals surface area contributed by atoms with Crippen molar-refractivity contribution < 1.29 is 9.53 Å². The van der Waals surface area contributed by atoms with Gasteiger partial charge in [-0.3, -0.25) is 14.9 Å². The third kappa shape index (κ3) is 4.50. The van der Waals surface area contributed by atoms with Gasteiger partial charge in [0.25, 0.3) is 0 Å². The maximum absolute atomic E-state index is 12.3. The average molecular weight is 519 g/mol. The molecule has 39 heavy (non-hydrogen) atoms. The van der Waals surface area contributed by atoms with Crippen molar-refractivity contribution in [2.45, 2.75) is 26.4 Å². The van der Waals surface area contributed by atoms with Gasteiger partial charge in [-0.05, 0) is 61.2 Å². The highest BCUT2D eigenvalue weighted by Gasteiger charge is 2.45. The molecule has 2 aromatic heterocycles. The van der Waals surface area contributed by atoms with Crippen molar-refractivity contribution in [1.29, 1.82) is 5.26 Å². The summed E-state index contributed by atoms with van der Waals surface area (Å²) in [6, 6.07) is 16.3. The minimum Gasteiger partial charge on any atom is -0.487 e. The summed E-state index contributed by atoms with van der Waals surface area (Å²) in [6.45, 7) is 9.07. The fraction of sp³-hybridized carbons (Fsp3) is 0.290. The smallest absolute Gasteiger partial charge is 0.245 e. The minimum absolute atomic E-state index is 0.0108. The number of benzene rings is 2. The fourth-order valence-corrected chi connectivity index (χ4v) is 6.10. The molecule has 8 heteroatoms. The molecule has 0 bridgehead atoms. The number of anilines is 1. The van der Waals surface area contributed by atoms with E-state index in [4.69, 9.17) is 4.74 Å². The van der Waals surface area contributed by atoms with Crippen LogP contribution in [0.3, 0.4) is 0 Å². The minimum atomic E-state index is -0.0149. The Balaban J connectivity index is 1.42. The Labute approximate surface area is 227 Å². The second kappa shape index (κ2) is 9.91. The number of ether oxygens (including phenoxy) is 1. The number of aromatic nitrogens is 3. The van der Waals surface area contributed by atoms with E-state index in [9.17, 15) is 10.1 Å². The van der Waals surface area contributed by atoms with Crippen LogP contribution in [0.5, 0.6) is 5.75 Å². The van der Waals surface area contributed by atoms with E-state index < -0.39 is 0 Å². The number of rotatable bonds is 6. The summed E-state index contributed by atoms with van der Waals surface area (Å²) >= 11 is 0. The number of carbonyl (C=O) groups is 1. The number of nitriles is 1. The van der Waals surface area contributed by atoms with E-state index in [1.165, 1.54) is 6.08 Å². The molecule has 2 aliphatic heterocycles. The lowest BCUT2D eigenvalue weighted by Crippen LogP contribution is -2.33. The first-order chi connectivity index (χ1) is 19.0. The van der Waals surface area contributed by atoms with Crippen molar-refractivity contribution >= 4 is 22.5 Å². The summed E-state index contributed by atoms with van der Waals surface area (Å²) in [7, 11) is 0. The van der Waals surface area contributed by atoms with Gasteiger partial charge in [-0.15, -0.1) is 0 Å². The monoisotopic (exact) mass is 518 g/mol. The van der Waals surface area contributed by atoms with Crippen LogP contribution in [0.25, 0.3) is 22.0 Å². The molecule has 6 rings (SSSR count). The zero-order valence-corrected chi connectivity index (χ0v) is 22.0. The van der Waals surface area contributed by atoms with Crippen LogP contribution in [0, 0.1) is 23.7 Å². The highest BCUT2D eigenvalue weighted by Crippen LogP contribution is 2.45. The molecule has 0 saturated carbocycles. The lowest BCUT2D eigenvalue weighted by atomic mass is 9.86. The SMILES string of the molecule is C=CC(=O)N1CCC2(CCN(c3cc(OCc4ccccn4)cc(-c4c(C)ccc5[nH]ncc45)c3C#N)C2)C1. The van der Waals surface area contributed by atoms with Crippen LogP contribution in [0.1, 0.15) is 29.7 Å².